The van der Waals surface area contributed by atoms with E-state index < -0.39 is 0 Å². The molecule has 3 rings (SSSR count). The molecule has 1 aliphatic rings. The van der Waals surface area contributed by atoms with Crippen molar-refractivity contribution in [3.8, 4) is 11.4 Å². The first kappa shape index (κ1) is 15.9. The number of rotatable bonds is 3. The van der Waals surface area contributed by atoms with E-state index in [2.05, 4.69) is 17.1 Å². The predicted molar refractivity (Wildman–Crippen MR) is 92.6 cm³/mol. The molecule has 1 atom stereocenters. The standard InChI is InChI=1S/C17H22N4OS/c1-12-6-8-14(9-7-12)16-18-19-17(23)21(16)11-15(22)20-10-4-3-5-13(20)2/h6-9,13H,3-5,10-11H2,1-2H3,(H,19,23). The zero-order valence-corrected chi connectivity index (χ0v) is 14.4. The Kier molecular flexibility index (Phi) is 4.61. The molecule has 0 radical (unpaired) electrons. The maximum atomic E-state index is 12.7. The first-order chi connectivity index (χ1) is 11.1. The van der Waals surface area contributed by atoms with Gasteiger partial charge in [0.25, 0.3) is 0 Å². The number of likely N-dealkylation sites (tertiary alicyclic amines) is 1. The van der Waals surface area contributed by atoms with Crippen LogP contribution < -0.4 is 0 Å². The van der Waals surface area contributed by atoms with Gasteiger partial charge >= 0.3 is 0 Å². The van der Waals surface area contributed by atoms with E-state index in [4.69, 9.17) is 12.2 Å². The van der Waals surface area contributed by atoms with E-state index in [1.54, 1.807) is 4.57 Å². The molecule has 2 heterocycles. The van der Waals surface area contributed by atoms with Crippen molar-refractivity contribution >= 4 is 18.1 Å². The van der Waals surface area contributed by atoms with Gasteiger partial charge in [-0.3, -0.25) is 14.5 Å². The summed E-state index contributed by atoms with van der Waals surface area (Å²) in [4.78, 5) is 14.7. The summed E-state index contributed by atoms with van der Waals surface area (Å²) in [6.45, 7) is 5.24. The number of aryl methyl sites for hydroxylation is 1. The summed E-state index contributed by atoms with van der Waals surface area (Å²) in [7, 11) is 0. The number of aromatic nitrogens is 3. The number of piperidine rings is 1. The second-order valence-corrected chi connectivity index (χ2v) is 6.62. The molecule has 1 aromatic heterocycles. The lowest BCUT2D eigenvalue weighted by Crippen LogP contribution is -2.43. The van der Waals surface area contributed by atoms with Crippen LogP contribution in [0.25, 0.3) is 11.4 Å². The van der Waals surface area contributed by atoms with Crippen molar-refractivity contribution < 1.29 is 4.79 Å². The highest BCUT2D eigenvalue weighted by Crippen LogP contribution is 2.20. The molecule has 2 aromatic rings. The maximum absolute atomic E-state index is 12.7. The zero-order chi connectivity index (χ0) is 16.4. The van der Waals surface area contributed by atoms with Gasteiger partial charge in [0.2, 0.25) is 5.91 Å². The molecule has 1 saturated heterocycles. The third kappa shape index (κ3) is 3.37. The maximum Gasteiger partial charge on any atom is 0.242 e. The third-order valence-electron chi connectivity index (χ3n) is 4.48. The highest BCUT2D eigenvalue weighted by Gasteiger charge is 2.24. The monoisotopic (exact) mass is 330 g/mol. The van der Waals surface area contributed by atoms with Crippen LogP contribution in [0.4, 0.5) is 0 Å². The highest BCUT2D eigenvalue weighted by atomic mass is 32.1. The molecule has 1 aromatic carbocycles. The Hall–Kier alpha value is -1.95. The molecule has 0 spiro atoms. The predicted octanol–water partition coefficient (Wildman–Crippen LogP) is 3.32. The molecule has 0 saturated carbocycles. The number of hydrogen-bond donors (Lipinski definition) is 1. The van der Waals surface area contributed by atoms with E-state index in [0.717, 1.165) is 24.9 Å². The Morgan fingerprint density at radius 1 is 1.35 bits per heavy atom. The minimum Gasteiger partial charge on any atom is -0.338 e. The number of benzene rings is 1. The van der Waals surface area contributed by atoms with Crippen molar-refractivity contribution in [1.82, 2.24) is 19.7 Å². The summed E-state index contributed by atoms with van der Waals surface area (Å²) in [6.07, 6.45) is 3.36. The van der Waals surface area contributed by atoms with Crippen LogP contribution in [-0.4, -0.2) is 38.2 Å². The quantitative estimate of drug-likeness (QED) is 0.879. The van der Waals surface area contributed by atoms with E-state index in [-0.39, 0.29) is 12.5 Å². The fourth-order valence-corrected chi connectivity index (χ4v) is 3.28. The Morgan fingerprint density at radius 2 is 2.09 bits per heavy atom. The minimum absolute atomic E-state index is 0.114. The summed E-state index contributed by atoms with van der Waals surface area (Å²) in [5.41, 5.74) is 2.15. The van der Waals surface area contributed by atoms with Crippen LogP contribution in [0.1, 0.15) is 31.7 Å². The molecule has 0 bridgehead atoms. The Bertz CT molecular complexity index is 747. The summed E-state index contributed by atoms with van der Waals surface area (Å²) in [5, 5.41) is 7.12. The molecule has 122 valence electrons. The molecule has 1 fully saturated rings. The summed E-state index contributed by atoms with van der Waals surface area (Å²) in [5.74, 6) is 0.830. The zero-order valence-electron chi connectivity index (χ0n) is 13.6. The second kappa shape index (κ2) is 6.66. The van der Waals surface area contributed by atoms with Gasteiger partial charge in [0.05, 0.1) is 0 Å². The average molecular weight is 330 g/mol. The molecule has 1 N–H and O–H groups in total. The molecule has 0 aliphatic carbocycles. The topological polar surface area (TPSA) is 53.9 Å². The number of carbonyl (C=O) groups is 1. The number of hydrogen-bond acceptors (Lipinski definition) is 3. The Balaban J connectivity index is 1.85. The number of nitrogens with one attached hydrogen (secondary N) is 1. The lowest BCUT2D eigenvalue weighted by Gasteiger charge is -2.33. The number of aromatic amines is 1. The highest BCUT2D eigenvalue weighted by molar-refractivity contribution is 7.71. The lowest BCUT2D eigenvalue weighted by molar-refractivity contribution is -0.135. The second-order valence-electron chi connectivity index (χ2n) is 6.24. The number of nitrogens with zero attached hydrogens (tertiary/aromatic N) is 3. The first-order valence-corrected chi connectivity index (χ1v) is 8.49. The number of amides is 1. The van der Waals surface area contributed by atoms with Gasteiger partial charge in [0, 0.05) is 18.2 Å². The van der Waals surface area contributed by atoms with Crippen LogP contribution in [0.5, 0.6) is 0 Å². The largest absolute Gasteiger partial charge is 0.338 e. The van der Waals surface area contributed by atoms with Crippen molar-refractivity contribution in [3.05, 3.63) is 34.6 Å². The smallest absolute Gasteiger partial charge is 0.242 e. The number of H-pyrrole nitrogens is 1. The van der Waals surface area contributed by atoms with Crippen molar-refractivity contribution in [3.63, 3.8) is 0 Å². The summed E-state index contributed by atoms with van der Waals surface area (Å²) in [6, 6.07) is 8.38. The van der Waals surface area contributed by atoms with E-state index in [1.165, 1.54) is 12.0 Å². The molecule has 6 heteroatoms. The van der Waals surface area contributed by atoms with Crippen molar-refractivity contribution in [2.75, 3.05) is 6.54 Å². The molecule has 23 heavy (non-hydrogen) atoms. The fraction of sp³-hybridized carbons (Fsp3) is 0.471. The molecular weight excluding hydrogens is 308 g/mol. The SMILES string of the molecule is Cc1ccc(-c2n[nH]c(=S)n2CC(=O)N2CCCCC2C)cc1. The van der Waals surface area contributed by atoms with E-state index in [1.807, 2.05) is 36.1 Å². The van der Waals surface area contributed by atoms with Gasteiger partial charge < -0.3 is 4.90 Å². The van der Waals surface area contributed by atoms with Crippen molar-refractivity contribution in [2.45, 2.75) is 45.7 Å². The van der Waals surface area contributed by atoms with Crippen LogP contribution in [0.2, 0.25) is 0 Å². The Labute approximate surface area is 141 Å². The van der Waals surface area contributed by atoms with Crippen LogP contribution in [0, 0.1) is 11.7 Å². The van der Waals surface area contributed by atoms with Crippen LogP contribution in [-0.2, 0) is 11.3 Å². The molecule has 1 unspecified atom stereocenters. The minimum atomic E-state index is 0.114. The van der Waals surface area contributed by atoms with Crippen molar-refractivity contribution in [1.29, 1.82) is 0 Å². The van der Waals surface area contributed by atoms with Gasteiger partial charge in [-0.05, 0) is 45.3 Å². The van der Waals surface area contributed by atoms with E-state index in [9.17, 15) is 4.79 Å². The molecule has 1 amide bonds. The van der Waals surface area contributed by atoms with Crippen molar-refractivity contribution in [2.24, 2.45) is 0 Å². The fourth-order valence-electron chi connectivity index (χ4n) is 3.08. The average Bonchev–Trinajstić information content (AvgIpc) is 2.89. The van der Waals surface area contributed by atoms with Gasteiger partial charge in [0.1, 0.15) is 6.54 Å². The Morgan fingerprint density at radius 3 is 2.78 bits per heavy atom. The van der Waals surface area contributed by atoms with Gasteiger partial charge in [-0.1, -0.05) is 29.8 Å². The van der Waals surface area contributed by atoms with Crippen LogP contribution >= 0.6 is 12.2 Å². The lowest BCUT2D eigenvalue weighted by atomic mass is 10.0. The van der Waals surface area contributed by atoms with E-state index in [0.29, 0.717) is 16.6 Å². The van der Waals surface area contributed by atoms with Gasteiger partial charge in [0.15, 0.2) is 10.6 Å². The van der Waals surface area contributed by atoms with Gasteiger partial charge in [-0.2, -0.15) is 5.10 Å². The molecule has 5 nitrogen and oxygen atoms in total. The summed E-state index contributed by atoms with van der Waals surface area (Å²) >= 11 is 5.32. The van der Waals surface area contributed by atoms with Gasteiger partial charge in [-0.25, -0.2) is 0 Å². The normalized spacial score (nSPS) is 18.2. The van der Waals surface area contributed by atoms with E-state index >= 15 is 0 Å². The van der Waals surface area contributed by atoms with Gasteiger partial charge in [-0.15, -0.1) is 0 Å². The third-order valence-corrected chi connectivity index (χ3v) is 4.80. The number of carbonyl (C=O) groups excluding carboxylic acids is 1. The molecule has 1 aliphatic heterocycles. The first-order valence-electron chi connectivity index (χ1n) is 8.08. The van der Waals surface area contributed by atoms with Crippen LogP contribution in [0.15, 0.2) is 24.3 Å². The summed E-state index contributed by atoms with van der Waals surface area (Å²) < 4.78 is 2.28. The van der Waals surface area contributed by atoms with Crippen LogP contribution in [0.3, 0.4) is 0 Å². The molecular formula is C17H22N4OS.